The van der Waals surface area contributed by atoms with Gasteiger partial charge in [0.25, 0.3) is 5.91 Å². The van der Waals surface area contributed by atoms with E-state index in [0.29, 0.717) is 17.0 Å². The minimum atomic E-state index is -0.166. The van der Waals surface area contributed by atoms with Crippen molar-refractivity contribution in [2.75, 3.05) is 12.4 Å². The van der Waals surface area contributed by atoms with Crippen LogP contribution in [0.2, 0.25) is 0 Å². The van der Waals surface area contributed by atoms with E-state index in [1.807, 2.05) is 42.5 Å². The minimum absolute atomic E-state index is 0.0170. The van der Waals surface area contributed by atoms with E-state index in [2.05, 4.69) is 31.1 Å². The Morgan fingerprint density at radius 1 is 1.12 bits per heavy atom. The van der Waals surface area contributed by atoms with Crippen molar-refractivity contribution < 1.29 is 9.53 Å². The van der Waals surface area contributed by atoms with Gasteiger partial charge in [-0.15, -0.1) is 0 Å². The number of hydrogen-bond acceptors (Lipinski definition) is 3. The van der Waals surface area contributed by atoms with Gasteiger partial charge in [0.15, 0.2) is 0 Å². The summed E-state index contributed by atoms with van der Waals surface area (Å²) in [5.41, 5.74) is 2.40. The maximum Gasteiger partial charge on any atom is 0.256 e. The van der Waals surface area contributed by atoms with Crippen molar-refractivity contribution in [1.82, 2.24) is 4.98 Å². The summed E-state index contributed by atoms with van der Waals surface area (Å²) in [5, 5.41) is 4.81. The Morgan fingerprint density at radius 2 is 1.92 bits per heavy atom. The van der Waals surface area contributed by atoms with E-state index in [4.69, 9.17) is 4.74 Å². The quantitative estimate of drug-likeness (QED) is 0.749. The number of nitrogens with zero attached hydrogens (tertiary/aromatic N) is 1. The number of anilines is 1. The molecule has 0 aliphatic heterocycles. The molecule has 4 nitrogen and oxygen atoms in total. The molecule has 25 heavy (non-hydrogen) atoms. The summed E-state index contributed by atoms with van der Waals surface area (Å²) in [7, 11) is 1.60. The Morgan fingerprint density at radius 3 is 2.64 bits per heavy atom. The monoisotopic (exact) mass is 334 g/mol. The first-order valence-electron chi connectivity index (χ1n) is 8.23. The molecule has 1 amide bonds. The number of amides is 1. The van der Waals surface area contributed by atoms with Crippen molar-refractivity contribution in [2.45, 2.75) is 26.2 Å². The zero-order valence-electron chi connectivity index (χ0n) is 15.0. The van der Waals surface area contributed by atoms with Crippen LogP contribution in [0.25, 0.3) is 10.8 Å². The molecule has 0 unspecified atom stereocenters. The summed E-state index contributed by atoms with van der Waals surface area (Å²) < 4.78 is 5.41. The van der Waals surface area contributed by atoms with Gasteiger partial charge in [-0.25, -0.2) is 0 Å². The lowest BCUT2D eigenvalue weighted by atomic mass is 9.87. The zero-order valence-corrected chi connectivity index (χ0v) is 15.0. The van der Waals surface area contributed by atoms with Crippen LogP contribution in [-0.2, 0) is 5.41 Å². The Labute approximate surface area is 147 Å². The molecule has 0 aliphatic rings. The Bertz CT molecular complexity index is 921. The molecule has 128 valence electrons. The first kappa shape index (κ1) is 17.0. The highest BCUT2D eigenvalue weighted by Crippen LogP contribution is 2.32. The predicted octanol–water partition coefficient (Wildman–Crippen LogP) is 4.79. The van der Waals surface area contributed by atoms with Crippen molar-refractivity contribution in [3.05, 3.63) is 66.0 Å². The molecule has 0 fully saturated rings. The van der Waals surface area contributed by atoms with Gasteiger partial charge in [-0.2, -0.15) is 0 Å². The van der Waals surface area contributed by atoms with Crippen molar-refractivity contribution in [2.24, 2.45) is 0 Å². The van der Waals surface area contributed by atoms with E-state index in [1.54, 1.807) is 19.5 Å². The molecule has 3 rings (SSSR count). The Hall–Kier alpha value is -2.88. The number of nitrogens with one attached hydrogen (secondary N) is 1. The van der Waals surface area contributed by atoms with Crippen molar-refractivity contribution >= 4 is 22.4 Å². The van der Waals surface area contributed by atoms with Gasteiger partial charge >= 0.3 is 0 Å². The van der Waals surface area contributed by atoms with Crippen LogP contribution in [0.15, 0.2) is 54.9 Å². The normalized spacial score (nSPS) is 11.4. The number of carbonyl (C=O) groups excluding carboxylic acids is 1. The number of aromatic nitrogens is 1. The molecule has 3 aromatic rings. The van der Waals surface area contributed by atoms with Gasteiger partial charge in [0, 0.05) is 23.3 Å². The number of rotatable bonds is 3. The maximum absolute atomic E-state index is 12.9. The summed E-state index contributed by atoms with van der Waals surface area (Å²) in [5.74, 6) is 0.476. The summed E-state index contributed by atoms with van der Waals surface area (Å²) in [6.07, 6.45) is 3.45. The van der Waals surface area contributed by atoms with Gasteiger partial charge in [0.2, 0.25) is 0 Å². The van der Waals surface area contributed by atoms with Crippen LogP contribution < -0.4 is 10.1 Å². The molecule has 4 heteroatoms. The highest BCUT2D eigenvalue weighted by atomic mass is 16.5. The average molecular weight is 334 g/mol. The second-order valence-electron chi connectivity index (χ2n) is 7.02. The lowest BCUT2D eigenvalue weighted by molar-refractivity contribution is 0.102. The Kier molecular flexibility index (Phi) is 4.45. The third-order valence-corrected chi connectivity index (χ3v) is 4.24. The predicted molar refractivity (Wildman–Crippen MR) is 101 cm³/mol. The SMILES string of the molecule is COc1ccc(C(C)(C)C)cc1NC(=O)c1cccc2cnccc12. The number of pyridine rings is 1. The van der Waals surface area contributed by atoms with Crippen LogP contribution in [0.5, 0.6) is 5.75 Å². The molecule has 1 heterocycles. The van der Waals surface area contributed by atoms with E-state index in [9.17, 15) is 4.79 Å². The van der Waals surface area contributed by atoms with Crippen LogP contribution in [0.1, 0.15) is 36.7 Å². The highest BCUT2D eigenvalue weighted by molar-refractivity contribution is 6.13. The van der Waals surface area contributed by atoms with Gasteiger partial charge in [0.1, 0.15) is 5.75 Å². The molecule has 0 aliphatic carbocycles. The molecule has 0 radical (unpaired) electrons. The number of fused-ring (bicyclic) bond motifs is 1. The molecule has 0 saturated carbocycles. The average Bonchev–Trinajstić information content (AvgIpc) is 2.60. The van der Waals surface area contributed by atoms with Crippen LogP contribution in [0.4, 0.5) is 5.69 Å². The smallest absolute Gasteiger partial charge is 0.256 e. The molecule has 1 aromatic heterocycles. The van der Waals surface area contributed by atoms with Crippen LogP contribution in [0, 0.1) is 0 Å². The molecule has 1 N–H and O–H groups in total. The lowest BCUT2D eigenvalue weighted by Crippen LogP contribution is -2.16. The van der Waals surface area contributed by atoms with E-state index >= 15 is 0 Å². The largest absolute Gasteiger partial charge is 0.495 e. The van der Waals surface area contributed by atoms with Gasteiger partial charge in [-0.1, -0.05) is 39.0 Å². The second kappa shape index (κ2) is 6.55. The van der Waals surface area contributed by atoms with E-state index in [1.165, 1.54) is 0 Å². The summed E-state index contributed by atoms with van der Waals surface area (Å²) in [6.45, 7) is 6.41. The number of methoxy groups -OCH3 is 1. The van der Waals surface area contributed by atoms with Crippen LogP contribution >= 0.6 is 0 Å². The number of ether oxygens (including phenoxy) is 1. The van der Waals surface area contributed by atoms with Crippen molar-refractivity contribution in [3.8, 4) is 5.75 Å². The number of hydrogen-bond donors (Lipinski definition) is 1. The van der Waals surface area contributed by atoms with Crippen LogP contribution in [-0.4, -0.2) is 18.0 Å². The fraction of sp³-hybridized carbons (Fsp3) is 0.238. The van der Waals surface area contributed by atoms with Gasteiger partial charge < -0.3 is 10.1 Å². The molecule has 0 bridgehead atoms. The summed E-state index contributed by atoms with van der Waals surface area (Å²) in [6, 6.07) is 13.4. The third kappa shape index (κ3) is 3.48. The summed E-state index contributed by atoms with van der Waals surface area (Å²) in [4.78, 5) is 17.0. The lowest BCUT2D eigenvalue weighted by Gasteiger charge is -2.21. The maximum atomic E-state index is 12.9. The summed E-state index contributed by atoms with van der Waals surface area (Å²) >= 11 is 0. The van der Waals surface area contributed by atoms with Gasteiger partial charge in [-0.3, -0.25) is 9.78 Å². The van der Waals surface area contributed by atoms with E-state index in [-0.39, 0.29) is 11.3 Å². The fourth-order valence-electron chi connectivity index (χ4n) is 2.78. The fourth-order valence-corrected chi connectivity index (χ4v) is 2.78. The second-order valence-corrected chi connectivity index (χ2v) is 7.02. The van der Waals surface area contributed by atoms with Gasteiger partial charge in [-0.05, 0) is 40.6 Å². The topological polar surface area (TPSA) is 51.2 Å². The third-order valence-electron chi connectivity index (χ3n) is 4.24. The molecular formula is C21H22N2O2. The minimum Gasteiger partial charge on any atom is -0.495 e. The zero-order chi connectivity index (χ0) is 18.0. The van der Waals surface area contributed by atoms with Crippen molar-refractivity contribution in [3.63, 3.8) is 0 Å². The van der Waals surface area contributed by atoms with Crippen molar-refractivity contribution in [1.29, 1.82) is 0 Å². The molecular weight excluding hydrogens is 312 g/mol. The molecule has 2 aromatic carbocycles. The molecule has 0 spiro atoms. The van der Waals surface area contributed by atoms with E-state index in [0.717, 1.165) is 16.3 Å². The molecule has 0 saturated heterocycles. The standard InChI is InChI=1S/C21H22N2O2/c1-21(2,3)15-8-9-19(25-4)18(12-15)23-20(24)17-7-5-6-14-13-22-11-10-16(14)17/h5-13H,1-4H3,(H,23,24). The van der Waals surface area contributed by atoms with Gasteiger partial charge in [0.05, 0.1) is 12.8 Å². The van der Waals surface area contributed by atoms with Crippen LogP contribution in [0.3, 0.4) is 0 Å². The van der Waals surface area contributed by atoms with E-state index < -0.39 is 0 Å². The first-order chi connectivity index (χ1) is 11.9. The highest BCUT2D eigenvalue weighted by Gasteiger charge is 2.18. The number of benzene rings is 2. The molecule has 0 atom stereocenters. The first-order valence-corrected chi connectivity index (χ1v) is 8.23. The Balaban J connectivity index is 2.00. The number of carbonyl (C=O) groups is 1.